The van der Waals surface area contributed by atoms with Crippen LogP contribution in [0.25, 0.3) is 0 Å². The molecule has 26 heavy (non-hydrogen) atoms. The Morgan fingerprint density at radius 2 is 1.62 bits per heavy atom. The number of sulfonamides is 1. The number of nitrogens with one attached hydrogen (secondary N) is 3. The molecule has 0 aliphatic carbocycles. The summed E-state index contributed by atoms with van der Waals surface area (Å²) in [6, 6.07) is 10.7. The van der Waals surface area contributed by atoms with Crippen LogP contribution in [0, 0.1) is 6.92 Å². The molecule has 0 heterocycles. The zero-order valence-electron chi connectivity index (χ0n) is 14.8. The minimum absolute atomic E-state index is 0.00436. The van der Waals surface area contributed by atoms with Gasteiger partial charge in [-0.25, -0.2) is 8.42 Å². The van der Waals surface area contributed by atoms with E-state index in [0.717, 1.165) is 0 Å². The molecular formula is C18H21N3O4S. The highest BCUT2D eigenvalue weighted by Gasteiger charge is 2.18. The lowest BCUT2D eigenvalue weighted by atomic mass is 10.1. The van der Waals surface area contributed by atoms with E-state index in [1.165, 1.54) is 19.1 Å². The van der Waals surface area contributed by atoms with Gasteiger partial charge in [0.05, 0.1) is 4.90 Å². The number of aryl methyl sites for hydroxylation is 1. The molecular weight excluding hydrogens is 354 g/mol. The van der Waals surface area contributed by atoms with E-state index >= 15 is 0 Å². The summed E-state index contributed by atoms with van der Waals surface area (Å²) in [5.74, 6) is -0.530. The van der Waals surface area contributed by atoms with Crippen LogP contribution in [0.15, 0.2) is 47.4 Å². The third-order valence-corrected chi connectivity index (χ3v) is 4.94. The molecule has 138 valence electrons. The van der Waals surface area contributed by atoms with E-state index in [9.17, 15) is 18.0 Å². The van der Waals surface area contributed by atoms with Crippen LogP contribution in [-0.2, 0) is 14.8 Å². The van der Waals surface area contributed by atoms with Crippen molar-refractivity contribution in [3.8, 4) is 0 Å². The van der Waals surface area contributed by atoms with Crippen LogP contribution in [0.3, 0.4) is 0 Å². The average molecular weight is 375 g/mol. The first kappa shape index (κ1) is 19.5. The van der Waals surface area contributed by atoms with Crippen LogP contribution in [0.5, 0.6) is 0 Å². The van der Waals surface area contributed by atoms with Gasteiger partial charge in [0.2, 0.25) is 5.91 Å². The molecule has 0 spiro atoms. The van der Waals surface area contributed by atoms with Crippen LogP contribution < -0.4 is 15.4 Å². The van der Waals surface area contributed by atoms with E-state index in [4.69, 9.17) is 0 Å². The Balaban J connectivity index is 2.26. The Morgan fingerprint density at radius 3 is 2.19 bits per heavy atom. The maximum absolute atomic E-state index is 12.6. The van der Waals surface area contributed by atoms with Gasteiger partial charge in [0.15, 0.2) is 0 Å². The molecule has 2 aromatic rings. The first-order chi connectivity index (χ1) is 12.2. The van der Waals surface area contributed by atoms with Gasteiger partial charge in [-0.2, -0.15) is 0 Å². The normalized spacial score (nSPS) is 10.9. The van der Waals surface area contributed by atoms with Gasteiger partial charge in [-0.05, 0) is 55.8 Å². The van der Waals surface area contributed by atoms with E-state index < -0.39 is 10.0 Å². The van der Waals surface area contributed by atoms with Crippen molar-refractivity contribution in [1.29, 1.82) is 0 Å². The molecule has 0 aliphatic heterocycles. The lowest BCUT2D eigenvalue weighted by Gasteiger charge is -2.12. The van der Waals surface area contributed by atoms with Crippen molar-refractivity contribution in [2.45, 2.75) is 25.7 Å². The van der Waals surface area contributed by atoms with Crippen molar-refractivity contribution in [3.05, 3.63) is 53.6 Å². The first-order valence-corrected chi connectivity index (χ1v) is 9.50. The van der Waals surface area contributed by atoms with Gasteiger partial charge in [-0.15, -0.1) is 0 Å². The summed E-state index contributed by atoms with van der Waals surface area (Å²) in [4.78, 5) is 23.1. The summed E-state index contributed by atoms with van der Waals surface area (Å²) in [5, 5.41) is 5.27. The molecule has 0 bridgehead atoms. The number of hydrogen-bond donors (Lipinski definition) is 3. The molecule has 0 radical (unpaired) electrons. The monoisotopic (exact) mass is 375 g/mol. The molecule has 0 atom stereocenters. The second kappa shape index (κ2) is 8.01. The summed E-state index contributed by atoms with van der Waals surface area (Å²) in [7, 11) is -3.85. The molecule has 0 saturated heterocycles. The Morgan fingerprint density at radius 1 is 1.00 bits per heavy atom. The van der Waals surface area contributed by atoms with Crippen molar-refractivity contribution in [2.24, 2.45) is 0 Å². The molecule has 0 aliphatic rings. The molecule has 0 unspecified atom stereocenters. The largest absolute Gasteiger partial charge is 0.352 e. The fraction of sp³-hybridized carbons (Fsp3) is 0.222. The Hall–Kier alpha value is -2.87. The summed E-state index contributed by atoms with van der Waals surface area (Å²) < 4.78 is 27.7. The number of carbonyl (C=O) groups excluding carboxylic acids is 2. The molecule has 7 nitrogen and oxygen atoms in total. The second-order valence-corrected chi connectivity index (χ2v) is 7.38. The highest BCUT2D eigenvalue weighted by molar-refractivity contribution is 7.92. The number of anilines is 2. The average Bonchev–Trinajstić information content (AvgIpc) is 2.56. The summed E-state index contributed by atoms with van der Waals surface area (Å²) >= 11 is 0. The SMILES string of the molecule is CCNC(=O)c1cc(S(=O)(=O)Nc2ccc(NC(C)=O)cc2)ccc1C. The molecule has 0 fully saturated rings. The van der Waals surface area contributed by atoms with E-state index in [1.54, 1.807) is 44.2 Å². The number of amides is 2. The van der Waals surface area contributed by atoms with Gasteiger partial charge in [-0.3, -0.25) is 14.3 Å². The topological polar surface area (TPSA) is 104 Å². The zero-order valence-corrected chi connectivity index (χ0v) is 15.6. The fourth-order valence-corrected chi connectivity index (χ4v) is 3.39. The predicted octanol–water partition coefficient (Wildman–Crippen LogP) is 2.50. The second-order valence-electron chi connectivity index (χ2n) is 5.70. The van der Waals surface area contributed by atoms with Crippen LogP contribution in [0.2, 0.25) is 0 Å². The van der Waals surface area contributed by atoms with E-state index in [0.29, 0.717) is 29.0 Å². The van der Waals surface area contributed by atoms with E-state index in [-0.39, 0.29) is 16.7 Å². The number of hydrogen-bond acceptors (Lipinski definition) is 4. The molecule has 0 saturated carbocycles. The molecule has 3 N–H and O–H groups in total. The Labute approximate surface area is 152 Å². The highest BCUT2D eigenvalue weighted by atomic mass is 32.2. The van der Waals surface area contributed by atoms with Gasteiger partial charge in [-0.1, -0.05) is 6.07 Å². The smallest absolute Gasteiger partial charge is 0.261 e. The third kappa shape index (κ3) is 4.82. The van der Waals surface area contributed by atoms with Gasteiger partial charge >= 0.3 is 0 Å². The standard InChI is InChI=1S/C18H21N3O4S/c1-4-19-18(23)17-11-16(10-5-12(17)2)26(24,25)21-15-8-6-14(7-9-15)20-13(3)22/h5-11,21H,4H2,1-3H3,(H,19,23)(H,20,22). The zero-order chi connectivity index (χ0) is 19.3. The minimum Gasteiger partial charge on any atom is -0.352 e. The van der Waals surface area contributed by atoms with Gasteiger partial charge in [0, 0.05) is 30.4 Å². The third-order valence-electron chi connectivity index (χ3n) is 3.56. The highest BCUT2D eigenvalue weighted by Crippen LogP contribution is 2.20. The van der Waals surface area contributed by atoms with Crippen LogP contribution in [0.4, 0.5) is 11.4 Å². The van der Waals surface area contributed by atoms with Crippen molar-refractivity contribution in [1.82, 2.24) is 5.32 Å². The maximum Gasteiger partial charge on any atom is 0.261 e. The summed E-state index contributed by atoms with van der Waals surface area (Å²) in [5.41, 5.74) is 1.92. The molecule has 2 rings (SSSR count). The van der Waals surface area contributed by atoms with Crippen molar-refractivity contribution in [3.63, 3.8) is 0 Å². The maximum atomic E-state index is 12.6. The van der Waals surface area contributed by atoms with Gasteiger partial charge in [0.1, 0.15) is 0 Å². The molecule has 8 heteroatoms. The summed E-state index contributed by atoms with van der Waals surface area (Å²) in [6.07, 6.45) is 0. The lowest BCUT2D eigenvalue weighted by molar-refractivity contribution is -0.114. The van der Waals surface area contributed by atoms with E-state index in [2.05, 4.69) is 15.4 Å². The fourth-order valence-electron chi connectivity index (χ4n) is 2.31. The van der Waals surface area contributed by atoms with E-state index in [1.807, 2.05) is 0 Å². The molecule has 2 aromatic carbocycles. The summed E-state index contributed by atoms with van der Waals surface area (Å²) in [6.45, 7) is 5.38. The number of benzene rings is 2. The number of carbonyl (C=O) groups is 2. The van der Waals surface area contributed by atoms with Crippen LogP contribution in [-0.4, -0.2) is 26.8 Å². The van der Waals surface area contributed by atoms with Gasteiger partial charge < -0.3 is 10.6 Å². The van der Waals surface area contributed by atoms with Crippen molar-refractivity contribution >= 4 is 33.2 Å². The molecule has 0 aromatic heterocycles. The molecule has 2 amide bonds. The van der Waals surface area contributed by atoms with Crippen LogP contribution >= 0.6 is 0 Å². The number of rotatable bonds is 6. The predicted molar refractivity (Wildman–Crippen MR) is 101 cm³/mol. The van der Waals surface area contributed by atoms with Gasteiger partial charge in [0.25, 0.3) is 15.9 Å². The Kier molecular flexibility index (Phi) is 5.99. The quantitative estimate of drug-likeness (QED) is 0.721. The van der Waals surface area contributed by atoms with Crippen molar-refractivity contribution in [2.75, 3.05) is 16.6 Å². The Bertz CT molecular complexity index is 922. The van der Waals surface area contributed by atoms with Crippen molar-refractivity contribution < 1.29 is 18.0 Å². The van der Waals surface area contributed by atoms with Crippen LogP contribution in [0.1, 0.15) is 29.8 Å². The lowest BCUT2D eigenvalue weighted by Crippen LogP contribution is -2.24. The minimum atomic E-state index is -3.85. The first-order valence-electron chi connectivity index (χ1n) is 8.02.